The second-order valence-corrected chi connectivity index (χ2v) is 2.79. The normalized spacial score (nSPS) is 5.26. The molecule has 0 saturated heterocycles. The molecule has 1 rings (SSSR count). The van der Waals surface area contributed by atoms with E-state index >= 15 is 0 Å². The topological polar surface area (TPSA) is 0 Å². The van der Waals surface area contributed by atoms with Gasteiger partial charge in [0.25, 0.3) is 0 Å². The third-order valence-corrected chi connectivity index (χ3v) is 0.667. The van der Waals surface area contributed by atoms with Crippen molar-refractivity contribution in [3.63, 3.8) is 0 Å². The molecular formula is C18H30Na+. The number of benzene rings is 1. The van der Waals surface area contributed by atoms with Crippen molar-refractivity contribution < 1.29 is 29.6 Å². The maximum Gasteiger partial charge on any atom is 1.00 e. The van der Waals surface area contributed by atoms with Crippen molar-refractivity contribution >= 4 is 0 Å². The second kappa shape index (κ2) is 53.4. The van der Waals surface area contributed by atoms with Gasteiger partial charge < -0.3 is 0 Å². The Morgan fingerprint density at radius 3 is 0.579 bits per heavy atom. The summed E-state index contributed by atoms with van der Waals surface area (Å²) in [7, 11) is 0. The first-order chi connectivity index (χ1) is 8.66. The molecule has 0 aliphatic carbocycles. The van der Waals surface area contributed by atoms with Crippen LogP contribution in [0.15, 0.2) is 87.0 Å². The summed E-state index contributed by atoms with van der Waals surface area (Å²) in [6, 6.07) is 12.0. The van der Waals surface area contributed by atoms with Crippen molar-refractivity contribution in [2.45, 2.75) is 27.7 Å². The Labute approximate surface area is 143 Å². The second-order valence-electron chi connectivity index (χ2n) is 2.79. The van der Waals surface area contributed by atoms with Crippen LogP contribution in [0, 0.1) is 0 Å². The molecule has 0 aliphatic heterocycles. The molecule has 0 radical (unpaired) electrons. The Hall–Kier alpha value is -0.820. The Morgan fingerprint density at radius 2 is 0.526 bits per heavy atom. The average molecular weight is 269 g/mol. The molecule has 0 unspecified atom stereocenters. The fourth-order valence-electron chi connectivity index (χ4n) is 0.385. The molecule has 0 N–H and O–H groups in total. The van der Waals surface area contributed by atoms with Crippen LogP contribution in [0.2, 0.25) is 0 Å². The van der Waals surface area contributed by atoms with Gasteiger partial charge in [-0.1, -0.05) is 60.7 Å². The summed E-state index contributed by atoms with van der Waals surface area (Å²) in [4.78, 5) is 0. The molecule has 19 heavy (non-hydrogen) atoms. The van der Waals surface area contributed by atoms with E-state index in [2.05, 4.69) is 26.3 Å². The first-order valence-electron chi connectivity index (χ1n) is 5.94. The quantitative estimate of drug-likeness (QED) is 0.500. The third kappa shape index (κ3) is 148. The van der Waals surface area contributed by atoms with Crippen molar-refractivity contribution in [2.24, 2.45) is 0 Å². The Morgan fingerprint density at radius 1 is 0.474 bits per heavy atom. The molecule has 1 aromatic carbocycles. The average Bonchev–Trinajstić information content (AvgIpc) is 2.35. The van der Waals surface area contributed by atoms with Gasteiger partial charge in [0.1, 0.15) is 0 Å². The molecule has 0 aromatic heterocycles. The van der Waals surface area contributed by atoms with Crippen molar-refractivity contribution in [3.05, 3.63) is 87.0 Å². The maximum atomic E-state index is 3.36. The Bertz CT molecular complexity index is 186. The summed E-state index contributed by atoms with van der Waals surface area (Å²) in [5, 5.41) is 0. The van der Waals surface area contributed by atoms with Gasteiger partial charge in [-0.3, -0.25) is 0 Å². The Kier molecular flexibility index (Phi) is 86.8. The first-order valence-corrected chi connectivity index (χ1v) is 5.94. The number of hydrogen-bond donors (Lipinski definition) is 0. The van der Waals surface area contributed by atoms with E-state index in [1.54, 1.807) is 24.3 Å². The van der Waals surface area contributed by atoms with Gasteiger partial charge in [0, 0.05) is 0 Å². The van der Waals surface area contributed by atoms with Gasteiger partial charge in [-0.2, -0.15) is 0 Å². The molecule has 0 atom stereocenters. The van der Waals surface area contributed by atoms with E-state index in [0.29, 0.717) is 0 Å². The zero-order valence-electron chi connectivity index (χ0n) is 13.6. The van der Waals surface area contributed by atoms with Crippen molar-refractivity contribution in [3.8, 4) is 0 Å². The first kappa shape index (κ1) is 30.9. The van der Waals surface area contributed by atoms with Crippen LogP contribution in [0.3, 0.4) is 0 Å². The van der Waals surface area contributed by atoms with E-state index in [9.17, 15) is 0 Å². The van der Waals surface area contributed by atoms with Gasteiger partial charge in [-0.25, -0.2) is 0 Å². The molecule has 0 amide bonds. The molecule has 0 spiro atoms. The van der Waals surface area contributed by atoms with E-state index in [0.717, 1.165) is 0 Å². The minimum atomic E-state index is 0. The molecular weight excluding hydrogens is 239 g/mol. The maximum absolute atomic E-state index is 3.36. The largest absolute Gasteiger partial charge is 1.00 e. The fourth-order valence-corrected chi connectivity index (χ4v) is 0.385. The molecule has 102 valence electrons. The molecule has 0 bridgehead atoms. The molecule has 0 saturated carbocycles. The zero-order chi connectivity index (χ0) is 15.1. The van der Waals surface area contributed by atoms with Gasteiger partial charge >= 0.3 is 29.6 Å². The molecule has 0 fully saturated rings. The summed E-state index contributed by atoms with van der Waals surface area (Å²) in [6.07, 6.45) is 7.00. The number of hydrogen-bond acceptors (Lipinski definition) is 0. The van der Waals surface area contributed by atoms with Crippen LogP contribution in [0.5, 0.6) is 0 Å². The van der Waals surface area contributed by atoms with Gasteiger partial charge in [-0.05, 0) is 27.7 Å². The van der Waals surface area contributed by atoms with Crippen LogP contribution in [0.25, 0.3) is 0 Å². The number of rotatable bonds is 0. The molecule has 0 heterocycles. The van der Waals surface area contributed by atoms with Crippen LogP contribution in [-0.2, 0) is 0 Å². The monoisotopic (exact) mass is 269 g/mol. The van der Waals surface area contributed by atoms with E-state index in [1.807, 2.05) is 64.1 Å². The van der Waals surface area contributed by atoms with Crippen LogP contribution in [-0.4, -0.2) is 0 Å². The van der Waals surface area contributed by atoms with E-state index in [1.165, 1.54) is 0 Å². The molecule has 1 heteroatoms. The summed E-state index contributed by atoms with van der Waals surface area (Å²) in [6.45, 7) is 21.0. The van der Waals surface area contributed by atoms with Gasteiger partial charge in [-0.15, -0.1) is 26.3 Å². The molecule has 0 aliphatic rings. The van der Waals surface area contributed by atoms with Crippen molar-refractivity contribution in [1.29, 1.82) is 0 Å². The summed E-state index contributed by atoms with van der Waals surface area (Å²) in [5.41, 5.74) is 0. The number of allylic oxidation sites excluding steroid dienone is 4. The summed E-state index contributed by atoms with van der Waals surface area (Å²) >= 11 is 0. The van der Waals surface area contributed by atoms with Crippen molar-refractivity contribution in [2.75, 3.05) is 0 Å². The smallest absolute Gasteiger partial charge is 0.103 e. The van der Waals surface area contributed by atoms with E-state index in [4.69, 9.17) is 0 Å². The predicted molar refractivity (Wildman–Crippen MR) is 89.9 cm³/mol. The van der Waals surface area contributed by atoms with E-state index in [-0.39, 0.29) is 29.6 Å². The fraction of sp³-hybridized carbons (Fsp3) is 0.222. The zero-order valence-corrected chi connectivity index (χ0v) is 15.6. The standard InChI is InChI=1S/C6H6.4C3H6.Na/c1-2-4-6-5-3-1;4*1-3-2;/h1-6H;4*3H,1H2,2H3;/q;;;;;+1. The van der Waals surface area contributed by atoms with Crippen LogP contribution in [0.1, 0.15) is 27.7 Å². The van der Waals surface area contributed by atoms with Gasteiger partial charge in [0.05, 0.1) is 0 Å². The molecule has 1 aromatic rings. The molecule has 0 nitrogen and oxygen atoms in total. The minimum Gasteiger partial charge on any atom is -0.103 e. The van der Waals surface area contributed by atoms with E-state index < -0.39 is 0 Å². The minimum absolute atomic E-state index is 0. The Balaban J connectivity index is -0.0000000449. The van der Waals surface area contributed by atoms with Crippen molar-refractivity contribution in [1.82, 2.24) is 0 Å². The third-order valence-electron chi connectivity index (χ3n) is 0.667. The summed E-state index contributed by atoms with van der Waals surface area (Å²) in [5.74, 6) is 0. The van der Waals surface area contributed by atoms with Gasteiger partial charge in [0.15, 0.2) is 0 Å². The predicted octanol–water partition coefficient (Wildman–Crippen LogP) is 3.46. The van der Waals surface area contributed by atoms with Crippen LogP contribution < -0.4 is 29.6 Å². The SMILES string of the molecule is C=CC.C=CC.C=CC.C=CC.[Na+].c1ccccc1. The van der Waals surface area contributed by atoms with Crippen LogP contribution in [0.4, 0.5) is 0 Å². The van der Waals surface area contributed by atoms with Gasteiger partial charge in [0.2, 0.25) is 0 Å². The summed E-state index contributed by atoms with van der Waals surface area (Å²) < 4.78 is 0. The van der Waals surface area contributed by atoms with Crippen LogP contribution >= 0.6 is 0 Å².